The molecule has 0 saturated heterocycles. The molecule has 0 saturated carbocycles. The second-order valence-corrected chi connectivity index (χ2v) is 9.78. The molecule has 0 atom stereocenters. The van der Waals surface area contributed by atoms with E-state index in [1.165, 1.54) is 42.7 Å². The third-order valence-corrected chi connectivity index (χ3v) is 7.39. The molecule has 0 spiro atoms. The molecular formula is C34H34N2O9. The number of methoxy groups -OCH3 is 6. The number of fused-ring (bicyclic) bond motifs is 2. The van der Waals surface area contributed by atoms with E-state index in [9.17, 15) is 9.59 Å². The summed E-state index contributed by atoms with van der Waals surface area (Å²) in [6.45, 7) is 0.223. The lowest BCUT2D eigenvalue weighted by Gasteiger charge is -2.28. The summed E-state index contributed by atoms with van der Waals surface area (Å²) in [5.74, 6) is 2.21. The molecule has 0 bridgehead atoms. The average molecular weight is 615 g/mol. The van der Waals surface area contributed by atoms with Gasteiger partial charge in [-0.3, -0.25) is 9.59 Å². The normalized spacial score (nSPS) is 12.3. The zero-order valence-electron chi connectivity index (χ0n) is 25.9. The Kier molecular flexibility index (Phi) is 9.17. The van der Waals surface area contributed by atoms with E-state index >= 15 is 0 Å². The van der Waals surface area contributed by atoms with Gasteiger partial charge in [0, 0.05) is 24.2 Å². The minimum absolute atomic E-state index is 0.111. The van der Waals surface area contributed by atoms with Crippen molar-refractivity contribution in [2.24, 2.45) is 0 Å². The second kappa shape index (κ2) is 13.4. The topological polar surface area (TPSA) is 105 Å². The van der Waals surface area contributed by atoms with Crippen LogP contribution in [-0.4, -0.2) is 67.6 Å². The van der Waals surface area contributed by atoms with Crippen LogP contribution in [0.4, 0.5) is 11.4 Å². The molecule has 1 heterocycles. The SMILES string of the molecule is COc1cc(C(=O)N2CCN(C(=O)c3cc(OC)c(OC)c(OC)c3)c3ccccc3Oc3ccccc32)cc(OC)c1OC. The van der Waals surface area contributed by atoms with Crippen LogP contribution in [0.3, 0.4) is 0 Å². The van der Waals surface area contributed by atoms with Crippen molar-refractivity contribution in [3.05, 3.63) is 83.9 Å². The van der Waals surface area contributed by atoms with Gasteiger partial charge in [-0.2, -0.15) is 0 Å². The number of ether oxygens (including phenoxy) is 7. The summed E-state index contributed by atoms with van der Waals surface area (Å²) in [4.78, 5) is 31.7. The van der Waals surface area contributed by atoms with Gasteiger partial charge >= 0.3 is 0 Å². The van der Waals surface area contributed by atoms with Gasteiger partial charge in [-0.05, 0) is 48.5 Å². The molecule has 45 heavy (non-hydrogen) atoms. The van der Waals surface area contributed by atoms with Gasteiger partial charge in [0.15, 0.2) is 34.5 Å². The quantitative estimate of drug-likeness (QED) is 0.242. The van der Waals surface area contributed by atoms with Crippen LogP contribution >= 0.6 is 0 Å². The number of nitrogens with zero attached hydrogens (tertiary/aromatic N) is 2. The summed E-state index contributed by atoms with van der Waals surface area (Å²) < 4.78 is 39.3. The predicted molar refractivity (Wildman–Crippen MR) is 169 cm³/mol. The van der Waals surface area contributed by atoms with Gasteiger partial charge in [-0.25, -0.2) is 0 Å². The zero-order valence-corrected chi connectivity index (χ0v) is 25.9. The molecule has 0 aliphatic carbocycles. The first kappa shape index (κ1) is 30.9. The number of amides is 2. The van der Waals surface area contributed by atoms with Crippen molar-refractivity contribution in [3.8, 4) is 46.0 Å². The molecule has 0 unspecified atom stereocenters. The number of anilines is 2. The summed E-state index contributed by atoms with van der Waals surface area (Å²) in [6.07, 6.45) is 0. The van der Waals surface area contributed by atoms with E-state index in [4.69, 9.17) is 33.2 Å². The lowest BCUT2D eigenvalue weighted by molar-refractivity contribution is 0.0967. The molecule has 1 aliphatic heterocycles. The first-order chi connectivity index (χ1) is 21.9. The lowest BCUT2D eigenvalue weighted by atomic mass is 10.1. The van der Waals surface area contributed by atoms with E-state index in [0.29, 0.717) is 68.5 Å². The van der Waals surface area contributed by atoms with Crippen LogP contribution in [0.15, 0.2) is 72.8 Å². The highest BCUT2D eigenvalue weighted by Gasteiger charge is 2.30. The van der Waals surface area contributed by atoms with Gasteiger partial charge in [0.2, 0.25) is 11.5 Å². The third kappa shape index (κ3) is 5.84. The van der Waals surface area contributed by atoms with Crippen molar-refractivity contribution < 1.29 is 42.7 Å². The second-order valence-electron chi connectivity index (χ2n) is 9.78. The van der Waals surface area contributed by atoms with Crippen molar-refractivity contribution in [2.75, 3.05) is 65.5 Å². The largest absolute Gasteiger partial charge is 0.493 e. The van der Waals surface area contributed by atoms with Gasteiger partial charge in [0.05, 0.1) is 54.0 Å². The van der Waals surface area contributed by atoms with Gasteiger partial charge < -0.3 is 43.0 Å². The molecule has 4 aromatic rings. The molecule has 11 heteroatoms. The first-order valence-electron chi connectivity index (χ1n) is 14.0. The molecule has 0 radical (unpaired) electrons. The van der Waals surface area contributed by atoms with Crippen LogP contribution in [0, 0.1) is 0 Å². The molecule has 5 rings (SSSR count). The molecule has 4 aromatic carbocycles. The fourth-order valence-corrected chi connectivity index (χ4v) is 5.23. The fraction of sp³-hybridized carbons (Fsp3) is 0.235. The number of hydrogen-bond acceptors (Lipinski definition) is 9. The number of carbonyl (C=O) groups is 2. The fourth-order valence-electron chi connectivity index (χ4n) is 5.23. The molecule has 0 fully saturated rings. The summed E-state index contributed by atoms with van der Waals surface area (Å²) in [7, 11) is 8.93. The molecule has 0 N–H and O–H groups in total. The molecule has 0 aromatic heterocycles. The Morgan fingerprint density at radius 2 is 0.867 bits per heavy atom. The Labute approximate surface area is 261 Å². The van der Waals surface area contributed by atoms with Gasteiger partial charge in [-0.15, -0.1) is 0 Å². The number of benzene rings is 4. The maximum atomic E-state index is 14.3. The van der Waals surface area contributed by atoms with Crippen molar-refractivity contribution in [1.82, 2.24) is 0 Å². The number of carbonyl (C=O) groups excluding carboxylic acids is 2. The minimum atomic E-state index is -0.364. The van der Waals surface area contributed by atoms with Crippen LogP contribution < -0.4 is 43.0 Å². The lowest BCUT2D eigenvalue weighted by Crippen LogP contribution is -2.41. The van der Waals surface area contributed by atoms with Gasteiger partial charge in [-0.1, -0.05) is 24.3 Å². The van der Waals surface area contributed by atoms with E-state index in [1.807, 2.05) is 24.3 Å². The Bertz CT molecular complexity index is 1550. The van der Waals surface area contributed by atoms with Crippen LogP contribution in [-0.2, 0) is 0 Å². The molecule has 11 nitrogen and oxygen atoms in total. The van der Waals surface area contributed by atoms with E-state index in [0.717, 1.165) is 0 Å². The molecular weight excluding hydrogens is 580 g/mol. The van der Waals surface area contributed by atoms with E-state index < -0.39 is 0 Å². The zero-order chi connectivity index (χ0) is 32.1. The van der Waals surface area contributed by atoms with E-state index in [-0.39, 0.29) is 24.9 Å². The van der Waals surface area contributed by atoms with Crippen LogP contribution in [0.25, 0.3) is 0 Å². The van der Waals surface area contributed by atoms with Crippen molar-refractivity contribution in [2.45, 2.75) is 0 Å². The smallest absolute Gasteiger partial charge is 0.258 e. The number of para-hydroxylation sites is 4. The van der Waals surface area contributed by atoms with Gasteiger partial charge in [0.1, 0.15) is 0 Å². The highest BCUT2D eigenvalue weighted by atomic mass is 16.5. The maximum Gasteiger partial charge on any atom is 0.258 e. The molecule has 2 amide bonds. The highest BCUT2D eigenvalue weighted by molar-refractivity contribution is 6.10. The van der Waals surface area contributed by atoms with E-state index in [2.05, 4.69) is 0 Å². The molecule has 234 valence electrons. The first-order valence-corrected chi connectivity index (χ1v) is 14.0. The monoisotopic (exact) mass is 614 g/mol. The summed E-state index contributed by atoms with van der Waals surface area (Å²) in [5, 5.41) is 0. The Hall–Kier alpha value is -5.58. The number of hydrogen-bond donors (Lipinski definition) is 0. The maximum absolute atomic E-state index is 14.3. The van der Waals surface area contributed by atoms with E-state index in [1.54, 1.807) is 58.3 Å². The van der Waals surface area contributed by atoms with Crippen molar-refractivity contribution in [3.63, 3.8) is 0 Å². The Morgan fingerprint density at radius 3 is 1.18 bits per heavy atom. The van der Waals surface area contributed by atoms with Crippen molar-refractivity contribution >= 4 is 23.2 Å². The minimum Gasteiger partial charge on any atom is -0.493 e. The standard InChI is InChI=1S/C34H34N2O9/c1-39-27-17-21(18-28(40-2)31(27)43-5)33(37)35-15-16-36(34(38)22-19-29(41-3)32(44-6)30(20-22)42-4)24-12-8-10-14-26(24)45-25-13-9-7-11-23(25)35/h7-14,17-20H,15-16H2,1-6H3. The van der Waals surface area contributed by atoms with Gasteiger partial charge in [0.25, 0.3) is 11.8 Å². The third-order valence-electron chi connectivity index (χ3n) is 7.39. The van der Waals surface area contributed by atoms with Crippen LogP contribution in [0.1, 0.15) is 20.7 Å². The highest BCUT2D eigenvalue weighted by Crippen LogP contribution is 2.43. The molecule has 1 aliphatic rings. The van der Waals surface area contributed by atoms with Crippen molar-refractivity contribution in [1.29, 1.82) is 0 Å². The summed E-state index contributed by atoms with van der Waals surface area (Å²) in [5.41, 5.74) is 1.62. The van der Waals surface area contributed by atoms with Crippen LogP contribution in [0.5, 0.6) is 46.0 Å². The predicted octanol–water partition coefficient (Wildman–Crippen LogP) is 5.84. The summed E-state index contributed by atoms with van der Waals surface area (Å²) in [6, 6.07) is 20.8. The average Bonchev–Trinajstić information content (AvgIpc) is 3.15. The number of rotatable bonds is 8. The van der Waals surface area contributed by atoms with Crippen LogP contribution in [0.2, 0.25) is 0 Å². The Morgan fingerprint density at radius 1 is 0.533 bits per heavy atom. The Balaban J connectivity index is 1.62. The summed E-state index contributed by atoms with van der Waals surface area (Å²) >= 11 is 0.